The second kappa shape index (κ2) is 14.5. The van der Waals surface area contributed by atoms with E-state index in [-0.39, 0.29) is 19.4 Å². The fourth-order valence-corrected chi connectivity index (χ4v) is 4.64. The van der Waals surface area contributed by atoms with E-state index in [0.29, 0.717) is 12.0 Å². The summed E-state index contributed by atoms with van der Waals surface area (Å²) < 4.78 is 13.5. The molecule has 4 aromatic rings. The zero-order valence-electron chi connectivity index (χ0n) is 22.9. The second-order valence-corrected chi connectivity index (χ2v) is 9.95. The van der Waals surface area contributed by atoms with E-state index in [9.17, 15) is 28.7 Å². The molecule has 0 aliphatic heterocycles. The van der Waals surface area contributed by atoms with E-state index >= 15 is 0 Å². The standard InChI is InChI=1S/C33H32FN3O5/c34-26-16-13-23(14-17-26)19-28(32(41)35-21-25-11-6-10-24-9-4-5-12-27(24)25)37-33(42)29(20-31(39)40)36-30(38)18-15-22-7-2-1-3-8-22/h1-14,16-17,28-29H,15,18-21H2,(H,35,41)(H,36,38)(H,37,42)(H,39,40). The van der Waals surface area contributed by atoms with Crippen molar-refractivity contribution >= 4 is 34.5 Å². The Morgan fingerprint density at radius 1 is 0.714 bits per heavy atom. The minimum Gasteiger partial charge on any atom is -0.481 e. The normalized spacial score (nSPS) is 12.2. The summed E-state index contributed by atoms with van der Waals surface area (Å²) in [7, 11) is 0. The molecule has 0 saturated carbocycles. The number of carboxylic acid groups (broad SMARTS) is 1. The molecule has 8 nitrogen and oxygen atoms in total. The first kappa shape index (κ1) is 29.9. The summed E-state index contributed by atoms with van der Waals surface area (Å²) in [6.45, 7) is 0.185. The van der Waals surface area contributed by atoms with Gasteiger partial charge in [0, 0.05) is 19.4 Å². The molecule has 0 aliphatic rings. The van der Waals surface area contributed by atoms with E-state index in [0.717, 1.165) is 21.9 Å². The van der Waals surface area contributed by atoms with Gasteiger partial charge in [-0.05, 0) is 46.0 Å². The van der Waals surface area contributed by atoms with Crippen molar-refractivity contribution in [3.8, 4) is 0 Å². The fourth-order valence-electron chi connectivity index (χ4n) is 4.64. The maximum atomic E-state index is 13.5. The Morgan fingerprint density at radius 2 is 1.40 bits per heavy atom. The third kappa shape index (κ3) is 8.72. The van der Waals surface area contributed by atoms with E-state index in [1.54, 1.807) is 0 Å². The van der Waals surface area contributed by atoms with Crippen LogP contribution in [0.1, 0.15) is 29.5 Å². The van der Waals surface area contributed by atoms with Gasteiger partial charge in [-0.15, -0.1) is 0 Å². The van der Waals surface area contributed by atoms with Gasteiger partial charge in [0.1, 0.15) is 17.9 Å². The topological polar surface area (TPSA) is 125 Å². The molecule has 0 aliphatic carbocycles. The third-order valence-corrected chi connectivity index (χ3v) is 6.83. The first-order valence-electron chi connectivity index (χ1n) is 13.6. The minimum atomic E-state index is -1.40. The van der Waals surface area contributed by atoms with Crippen molar-refractivity contribution in [1.29, 1.82) is 0 Å². The Kier molecular flexibility index (Phi) is 10.4. The number of rotatable bonds is 13. The quantitative estimate of drug-likeness (QED) is 0.194. The number of hydrogen-bond donors (Lipinski definition) is 4. The molecular weight excluding hydrogens is 537 g/mol. The summed E-state index contributed by atoms with van der Waals surface area (Å²) in [5, 5.41) is 19.4. The Morgan fingerprint density at radius 3 is 2.14 bits per heavy atom. The number of amides is 3. The number of halogens is 1. The monoisotopic (exact) mass is 569 g/mol. The maximum Gasteiger partial charge on any atom is 0.305 e. The van der Waals surface area contributed by atoms with Gasteiger partial charge in [-0.2, -0.15) is 0 Å². The van der Waals surface area contributed by atoms with Crippen LogP contribution in [0.3, 0.4) is 0 Å². The van der Waals surface area contributed by atoms with Crippen molar-refractivity contribution < 1.29 is 28.7 Å². The van der Waals surface area contributed by atoms with Crippen LogP contribution in [0.4, 0.5) is 4.39 Å². The molecule has 0 radical (unpaired) electrons. The van der Waals surface area contributed by atoms with Crippen LogP contribution >= 0.6 is 0 Å². The Balaban J connectivity index is 1.47. The Hall–Kier alpha value is -5.05. The van der Waals surface area contributed by atoms with Crippen molar-refractivity contribution in [3.05, 3.63) is 120 Å². The van der Waals surface area contributed by atoms with E-state index in [1.165, 1.54) is 24.3 Å². The predicted octanol–water partition coefficient (Wildman–Crippen LogP) is 3.91. The summed E-state index contributed by atoms with van der Waals surface area (Å²) in [4.78, 5) is 50.8. The van der Waals surface area contributed by atoms with Crippen molar-refractivity contribution in [2.75, 3.05) is 0 Å². The number of hydrogen-bond acceptors (Lipinski definition) is 4. The summed E-state index contributed by atoms with van der Waals surface area (Å²) in [5.41, 5.74) is 2.39. The zero-order chi connectivity index (χ0) is 29.9. The smallest absolute Gasteiger partial charge is 0.305 e. The van der Waals surface area contributed by atoms with Gasteiger partial charge in [-0.25, -0.2) is 4.39 Å². The molecule has 2 unspecified atom stereocenters. The van der Waals surface area contributed by atoms with Crippen LogP contribution in [0.5, 0.6) is 0 Å². The average molecular weight is 570 g/mol. The number of aliphatic carboxylic acids is 1. The van der Waals surface area contributed by atoms with Crippen molar-refractivity contribution in [2.45, 2.75) is 44.3 Å². The zero-order valence-corrected chi connectivity index (χ0v) is 22.9. The van der Waals surface area contributed by atoms with Crippen LogP contribution in [0.25, 0.3) is 10.8 Å². The van der Waals surface area contributed by atoms with E-state index in [1.807, 2.05) is 72.8 Å². The number of carbonyl (C=O) groups excluding carboxylic acids is 3. The summed E-state index contributed by atoms with van der Waals surface area (Å²) >= 11 is 0. The van der Waals surface area contributed by atoms with Crippen molar-refractivity contribution in [3.63, 3.8) is 0 Å². The minimum absolute atomic E-state index is 0.0230. The molecule has 0 heterocycles. The highest BCUT2D eigenvalue weighted by molar-refractivity contribution is 5.94. The molecular formula is C33H32FN3O5. The first-order chi connectivity index (χ1) is 20.3. The van der Waals surface area contributed by atoms with E-state index in [4.69, 9.17) is 0 Å². The van der Waals surface area contributed by atoms with Gasteiger partial charge < -0.3 is 21.1 Å². The fraction of sp³-hybridized carbons (Fsp3) is 0.212. The van der Waals surface area contributed by atoms with Crippen LogP contribution in [-0.4, -0.2) is 40.9 Å². The van der Waals surface area contributed by atoms with E-state index in [2.05, 4.69) is 16.0 Å². The van der Waals surface area contributed by atoms with Crippen LogP contribution < -0.4 is 16.0 Å². The number of carboxylic acids is 1. The third-order valence-electron chi connectivity index (χ3n) is 6.83. The lowest BCUT2D eigenvalue weighted by Gasteiger charge is -2.23. The summed E-state index contributed by atoms with van der Waals surface area (Å²) in [5.74, 6) is -3.54. The van der Waals surface area contributed by atoms with Crippen LogP contribution in [0.2, 0.25) is 0 Å². The van der Waals surface area contributed by atoms with Gasteiger partial charge >= 0.3 is 5.97 Å². The molecule has 42 heavy (non-hydrogen) atoms. The van der Waals surface area contributed by atoms with Crippen LogP contribution in [0.15, 0.2) is 97.1 Å². The molecule has 0 aromatic heterocycles. The van der Waals surface area contributed by atoms with Gasteiger partial charge in [0.2, 0.25) is 17.7 Å². The molecule has 0 spiro atoms. The number of fused-ring (bicyclic) bond motifs is 1. The average Bonchev–Trinajstić information content (AvgIpc) is 2.99. The lowest BCUT2D eigenvalue weighted by molar-refractivity contribution is -0.141. The molecule has 2 atom stereocenters. The van der Waals surface area contributed by atoms with Gasteiger partial charge in [0.25, 0.3) is 0 Å². The van der Waals surface area contributed by atoms with Gasteiger partial charge in [-0.1, -0.05) is 84.9 Å². The van der Waals surface area contributed by atoms with Gasteiger partial charge in [0.15, 0.2) is 0 Å². The van der Waals surface area contributed by atoms with Gasteiger partial charge in [-0.3, -0.25) is 19.2 Å². The molecule has 0 bridgehead atoms. The van der Waals surface area contributed by atoms with Crippen molar-refractivity contribution in [1.82, 2.24) is 16.0 Å². The molecule has 4 rings (SSSR count). The molecule has 3 amide bonds. The highest BCUT2D eigenvalue weighted by atomic mass is 19.1. The number of nitrogens with one attached hydrogen (secondary N) is 3. The van der Waals surface area contributed by atoms with E-state index < -0.39 is 48.0 Å². The first-order valence-corrected chi connectivity index (χ1v) is 13.6. The second-order valence-electron chi connectivity index (χ2n) is 9.95. The van der Waals surface area contributed by atoms with Crippen LogP contribution in [0, 0.1) is 5.82 Å². The number of benzene rings is 4. The number of carbonyl (C=O) groups is 4. The molecule has 0 fully saturated rings. The van der Waals surface area contributed by atoms with Crippen LogP contribution in [-0.2, 0) is 38.6 Å². The summed E-state index contributed by atoms with van der Waals surface area (Å²) in [6, 6.07) is 25.8. The summed E-state index contributed by atoms with van der Waals surface area (Å²) in [6.07, 6.45) is -0.172. The Bertz CT molecular complexity index is 1540. The molecule has 4 N–H and O–H groups in total. The Labute approximate surface area is 242 Å². The highest BCUT2D eigenvalue weighted by Crippen LogP contribution is 2.18. The highest BCUT2D eigenvalue weighted by Gasteiger charge is 2.28. The lowest BCUT2D eigenvalue weighted by Crippen LogP contribution is -2.55. The predicted molar refractivity (Wildman–Crippen MR) is 157 cm³/mol. The SMILES string of the molecule is O=C(O)CC(NC(=O)CCc1ccccc1)C(=O)NC(Cc1ccc(F)cc1)C(=O)NCc1cccc2ccccc12. The largest absolute Gasteiger partial charge is 0.481 e. The van der Waals surface area contributed by atoms with Crippen molar-refractivity contribution in [2.24, 2.45) is 0 Å². The maximum absolute atomic E-state index is 13.5. The number of aryl methyl sites for hydroxylation is 1. The molecule has 9 heteroatoms. The molecule has 0 saturated heterocycles. The lowest BCUT2D eigenvalue weighted by atomic mass is 10.0. The van der Waals surface area contributed by atoms with Gasteiger partial charge in [0.05, 0.1) is 6.42 Å². The molecule has 4 aromatic carbocycles. The molecule has 216 valence electrons.